The molecule has 1 aliphatic rings. The Kier molecular flexibility index (Phi) is 5.76. The van der Waals surface area contributed by atoms with E-state index in [0.717, 1.165) is 44.2 Å². The summed E-state index contributed by atoms with van der Waals surface area (Å²) in [4.78, 5) is 14.5. The number of carbonyl (C=O) groups is 1. The predicted octanol–water partition coefficient (Wildman–Crippen LogP) is 2.52. The molecule has 4 rings (SSSR count). The quantitative estimate of drug-likeness (QED) is 0.696. The molecule has 1 amide bonds. The number of fused-ring (bicyclic) bond motifs is 1. The number of amides is 1. The normalized spacial score (nSPS) is 14.4. The van der Waals surface area contributed by atoms with E-state index in [4.69, 9.17) is 4.42 Å². The van der Waals surface area contributed by atoms with Gasteiger partial charge in [-0.25, -0.2) is 0 Å². The highest BCUT2D eigenvalue weighted by molar-refractivity contribution is 5.91. The number of aryl methyl sites for hydroxylation is 2. The third kappa shape index (κ3) is 4.56. The van der Waals surface area contributed by atoms with Gasteiger partial charge in [-0.2, -0.15) is 0 Å². The SMILES string of the molecule is Cc1ccc(CN2CCc3nnc(CCNC(=O)c4ccco4)n3CC2)cc1C. The smallest absolute Gasteiger partial charge is 0.286 e. The second-order valence-corrected chi connectivity index (χ2v) is 7.61. The number of nitrogens with one attached hydrogen (secondary N) is 1. The largest absolute Gasteiger partial charge is 0.459 e. The molecule has 7 heteroatoms. The Morgan fingerprint density at radius 3 is 2.83 bits per heavy atom. The first-order valence-electron chi connectivity index (χ1n) is 10.1. The Morgan fingerprint density at radius 2 is 2.03 bits per heavy atom. The Balaban J connectivity index is 1.33. The Bertz CT molecular complexity index is 977. The summed E-state index contributed by atoms with van der Waals surface area (Å²) in [7, 11) is 0. The molecule has 0 unspecified atom stereocenters. The third-order valence-electron chi connectivity index (χ3n) is 5.55. The average Bonchev–Trinajstić information content (AvgIpc) is 3.33. The molecule has 0 radical (unpaired) electrons. The predicted molar refractivity (Wildman–Crippen MR) is 110 cm³/mol. The molecule has 0 atom stereocenters. The van der Waals surface area contributed by atoms with E-state index in [1.54, 1.807) is 12.1 Å². The van der Waals surface area contributed by atoms with Crippen molar-refractivity contribution >= 4 is 5.91 Å². The molecule has 29 heavy (non-hydrogen) atoms. The summed E-state index contributed by atoms with van der Waals surface area (Å²) in [6.45, 7) is 8.58. The van der Waals surface area contributed by atoms with Crippen LogP contribution in [0.15, 0.2) is 41.0 Å². The van der Waals surface area contributed by atoms with Crippen LogP contribution in [0.4, 0.5) is 0 Å². The minimum atomic E-state index is -0.204. The monoisotopic (exact) mass is 393 g/mol. The molecular weight excluding hydrogens is 366 g/mol. The van der Waals surface area contributed by atoms with Gasteiger partial charge in [0.05, 0.1) is 6.26 Å². The van der Waals surface area contributed by atoms with Gasteiger partial charge in [-0.1, -0.05) is 18.2 Å². The minimum Gasteiger partial charge on any atom is -0.459 e. The fourth-order valence-electron chi connectivity index (χ4n) is 3.71. The van der Waals surface area contributed by atoms with Gasteiger partial charge in [0.1, 0.15) is 11.6 Å². The minimum absolute atomic E-state index is 0.204. The van der Waals surface area contributed by atoms with Crippen molar-refractivity contribution in [3.63, 3.8) is 0 Å². The van der Waals surface area contributed by atoms with Gasteiger partial charge in [-0.05, 0) is 42.7 Å². The van der Waals surface area contributed by atoms with Crippen molar-refractivity contribution in [1.82, 2.24) is 25.0 Å². The van der Waals surface area contributed by atoms with Crippen LogP contribution in [0.5, 0.6) is 0 Å². The summed E-state index contributed by atoms with van der Waals surface area (Å²) in [5, 5.41) is 11.6. The first-order valence-corrected chi connectivity index (χ1v) is 10.1. The van der Waals surface area contributed by atoms with Gasteiger partial charge in [0, 0.05) is 45.6 Å². The molecule has 1 N–H and O–H groups in total. The first kappa shape index (κ1) is 19.4. The molecule has 1 aliphatic heterocycles. The zero-order chi connectivity index (χ0) is 20.2. The highest BCUT2D eigenvalue weighted by atomic mass is 16.3. The fourth-order valence-corrected chi connectivity index (χ4v) is 3.71. The van der Waals surface area contributed by atoms with Crippen molar-refractivity contribution in [2.45, 2.75) is 39.8 Å². The lowest BCUT2D eigenvalue weighted by Gasteiger charge is -2.20. The Labute approximate surface area is 170 Å². The van der Waals surface area contributed by atoms with Crippen molar-refractivity contribution in [2.75, 3.05) is 19.6 Å². The number of aromatic nitrogens is 3. The van der Waals surface area contributed by atoms with Gasteiger partial charge in [0.2, 0.25) is 0 Å². The molecule has 0 aliphatic carbocycles. The van der Waals surface area contributed by atoms with E-state index in [1.165, 1.54) is 23.0 Å². The fraction of sp³-hybridized carbons (Fsp3) is 0.409. The molecule has 7 nitrogen and oxygen atoms in total. The second-order valence-electron chi connectivity index (χ2n) is 7.61. The molecule has 2 aromatic heterocycles. The summed E-state index contributed by atoms with van der Waals surface area (Å²) in [6, 6.07) is 10.1. The molecule has 0 saturated heterocycles. The summed E-state index contributed by atoms with van der Waals surface area (Å²) in [6.07, 6.45) is 3.03. The van der Waals surface area contributed by atoms with Crippen molar-refractivity contribution in [1.29, 1.82) is 0 Å². The van der Waals surface area contributed by atoms with E-state index < -0.39 is 0 Å². The summed E-state index contributed by atoms with van der Waals surface area (Å²) >= 11 is 0. The van der Waals surface area contributed by atoms with Crippen LogP contribution >= 0.6 is 0 Å². The van der Waals surface area contributed by atoms with Crippen LogP contribution in [-0.2, 0) is 25.9 Å². The molecular formula is C22H27N5O2. The molecule has 1 aromatic carbocycles. The van der Waals surface area contributed by atoms with Crippen LogP contribution in [-0.4, -0.2) is 45.2 Å². The van der Waals surface area contributed by atoms with Crippen molar-refractivity contribution < 1.29 is 9.21 Å². The third-order valence-corrected chi connectivity index (χ3v) is 5.55. The summed E-state index contributed by atoms with van der Waals surface area (Å²) < 4.78 is 7.32. The van der Waals surface area contributed by atoms with Crippen LogP contribution in [0.2, 0.25) is 0 Å². The number of nitrogens with zero attached hydrogens (tertiary/aromatic N) is 4. The van der Waals surface area contributed by atoms with Gasteiger partial charge < -0.3 is 14.3 Å². The van der Waals surface area contributed by atoms with Crippen LogP contribution < -0.4 is 5.32 Å². The molecule has 0 saturated carbocycles. The lowest BCUT2D eigenvalue weighted by Crippen LogP contribution is -2.28. The van der Waals surface area contributed by atoms with Crippen LogP contribution in [0.25, 0.3) is 0 Å². The summed E-state index contributed by atoms with van der Waals surface area (Å²) in [5.74, 6) is 2.07. The maximum absolute atomic E-state index is 12.0. The molecule has 3 aromatic rings. The standard InChI is InChI=1S/C22H27N5O2/c1-16-5-6-18(14-17(16)2)15-26-10-8-21-25-24-20(27(21)12-11-26)7-9-23-22(28)19-4-3-13-29-19/h3-6,13-14H,7-12,15H2,1-2H3,(H,23,28). The Morgan fingerprint density at radius 1 is 1.14 bits per heavy atom. The van der Waals surface area contributed by atoms with Gasteiger partial charge >= 0.3 is 0 Å². The highest BCUT2D eigenvalue weighted by Crippen LogP contribution is 2.15. The summed E-state index contributed by atoms with van der Waals surface area (Å²) in [5.41, 5.74) is 4.03. The van der Waals surface area contributed by atoms with Gasteiger partial charge in [0.25, 0.3) is 5.91 Å². The molecule has 3 heterocycles. The number of furan rings is 1. The zero-order valence-corrected chi connectivity index (χ0v) is 17.0. The highest BCUT2D eigenvalue weighted by Gasteiger charge is 2.19. The molecule has 0 bridgehead atoms. The van der Waals surface area contributed by atoms with E-state index >= 15 is 0 Å². The zero-order valence-electron chi connectivity index (χ0n) is 17.0. The van der Waals surface area contributed by atoms with Gasteiger partial charge in [0.15, 0.2) is 5.76 Å². The van der Waals surface area contributed by atoms with E-state index in [-0.39, 0.29) is 5.91 Å². The van der Waals surface area contributed by atoms with Gasteiger partial charge in [-0.15, -0.1) is 10.2 Å². The van der Waals surface area contributed by atoms with E-state index in [1.807, 2.05) is 0 Å². The molecule has 0 fully saturated rings. The van der Waals surface area contributed by atoms with E-state index in [2.05, 4.69) is 57.0 Å². The number of carbonyl (C=O) groups excluding carboxylic acids is 1. The number of hydrogen-bond donors (Lipinski definition) is 1. The lowest BCUT2D eigenvalue weighted by atomic mass is 10.1. The first-order chi connectivity index (χ1) is 14.1. The Hall–Kier alpha value is -2.93. The van der Waals surface area contributed by atoms with Gasteiger partial charge in [-0.3, -0.25) is 9.69 Å². The van der Waals surface area contributed by atoms with Crippen molar-refractivity contribution in [3.8, 4) is 0 Å². The van der Waals surface area contributed by atoms with Crippen molar-refractivity contribution in [2.24, 2.45) is 0 Å². The van der Waals surface area contributed by atoms with Crippen LogP contribution in [0.3, 0.4) is 0 Å². The van der Waals surface area contributed by atoms with Crippen molar-refractivity contribution in [3.05, 3.63) is 70.7 Å². The maximum atomic E-state index is 12.0. The van der Waals surface area contributed by atoms with E-state index in [9.17, 15) is 4.79 Å². The average molecular weight is 393 g/mol. The van der Waals surface area contributed by atoms with E-state index in [0.29, 0.717) is 18.7 Å². The molecule has 152 valence electrons. The maximum Gasteiger partial charge on any atom is 0.286 e. The second kappa shape index (κ2) is 8.61. The molecule has 0 spiro atoms. The number of hydrogen-bond acceptors (Lipinski definition) is 5. The lowest BCUT2D eigenvalue weighted by molar-refractivity contribution is 0.0926. The topological polar surface area (TPSA) is 76.2 Å². The number of benzene rings is 1. The van der Waals surface area contributed by atoms with Crippen LogP contribution in [0, 0.1) is 13.8 Å². The van der Waals surface area contributed by atoms with Crippen LogP contribution in [0.1, 0.15) is 38.9 Å². The number of rotatable bonds is 6.